The van der Waals surface area contributed by atoms with Gasteiger partial charge in [0.2, 0.25) is 5.82 Å². The molecule has 0 N–H and O–H groups in total. The lowest BCUT2D eigenvalue weighted by Crippen LogP contribution is -2.34. The molecule has 1 aromatic carbocycles. The summed E-state index contributed by atoms with van der Waals surface area (Å²) in [6.07, 6.45) is 0. The fourth-order valence-electron chi connectivity index (χ4n) is 1.69. The lowest BCUT2D eigenvalue weighted by Gasteiger charge is -2.20. The summed E-state index contributed by atoms with van der Waals surface area (Å²) >= 11 is 0. The van der Waals surface area contributed by atoms with E-state index in [1.54, 1.807) is 6.92 Å². The molecule has 110 valence electrons. The van der Waals surface area contributed by atoms with Crippen molar-refractivity contribution in [3.05, 3.63) is 39.7 Å². The number of carbonyl (C=O) groups is 1. The number of nitro benzene ring substituents is 1. The van der Waals surface area contributed by atoms with E-state index >= 15 is 0 Å². The maximum absolute atomic E-state index is 13.5. The second-order valence-corrected chi connectivity index (χ2v) is 4.01. The summed E-state index contributed by atoms with van der Waals surface area (Å²) in [6, 6.07) is 3.15. The van der Waals surface area contributed by atoms with Crippen LogP contribution < -0.4 is 0 Å². The maximum Gasteiger partial charge on any atom is 0.304 e. The van der Waals surface area contributed by atoms with Crippen LogP contribution in [0.3, 0.4) is 0 Å². The van der Waals surface area contributed by atoms with Gasteiger partial charge in [-0.1, -0.05) is 0 Å². The van der Waals surface area contributed by atoms with E-state index in [9.17, 15) is 19.3 Å². The average Bonchev–Trinajstić information content (AvgIpc) is 2.42. The monoisotopic (exact) mass is 284 g/mol. The molecule has 0 fully saturated rings. The Morgan fingerprint density at radius 2 is 2.15 bits per heavy atom. The number of amides is 1. The van der Waals surface area contributed by atoms with E-state index in [1.165, 1.54) is 11.0 Å². The van der Waals surface area contributed by atoms with Crippen LogP contribution in [0.1, 0.15) is 24.2 Å². The van der Waals surface area contributed by atoms with Crippen molar-refractivity contribution in [2.75, 3.05) is 26.3 Å². The molecule has 0 unspecified atom stereocenters. The fourth-order valence-corrected chi connectivity index (χ4v) is 1.69. The Kier molecular flexibility index (Phi) is 6.05. The SMILES string of the molecule is CCOCCN(CC)C(=O)c1ccc([N+](=O)[O-])c(F)c1. The van der Waals surface area contributed by atoms with Crippen LogP contribution in [0.25, 0.3) is 0 Å². The number of hydrogen-bond donors (Lipinski definition) is 0. The van der Waals surface area contributed by atoms with Crippen LogP contribution in [0.2, 0.25) is 0 Å². The van der Waals surface area contributed by atoms with E-state index < -0.39 is 16.4 Å². The molecule has 1 amide bonds. The molecule has 0 atom stereocenters. The van der Waals surface area contributed by atoms with Gasteiger partial charge in [-0.2, -0.15) is 4.39 Å². The highest BCUT2D eigenvalue weighted by atomic mass is 19.1. The van der Waals surface area contributed by atoms with E-state index in [1.807, 2.05) is 6.92 Å². The first-order valence-electron chi connectivity index (χ1n) is 6.32. The molecule has 0 saturated heterocycles. The van der Waals surface area contributed by atoms with Gasteiger partial charge >= 0.3 is 5.69 Å². The zero-order chi connectivity index (χ0) is 15.1. The molecule has 0 aliphatic rings. The van der Waals surface area contributed by atoms with Gasteiger partial charge in [0, 0.05) is 31.3 Å². The molecule has 1 rings (SSSR count). The van der Waals surface area contributed by atoms with Crippen molar-refractivity contribution < 1.29 is 18.8 Å². The van der Waals surface area contributed by atoms with Crippen LogP contribution in [0.4, 0.5) is 10.1 Å². The van der Waals surface area contributed by atoms with Crippen molar-refractivity contribution in [2.45, 2.75) is 13.8 Å². The Bertz CT molecular complexity index is 493. The second kappa shape index (κ2) is 7.54. The summed E-state index contributed by atoms with van der Waals surface area (Å²) in [5.41, 5.74) is -0.551. The van der Waals surface area contributed by atoms with Crippen molar-refractivity contribution in [1.82, 2.24) is 4.90 Å². The summed E-state index contributed by atoms with van der Waals surface area (Å²) in [5.74, 6) is -1.39. The lowest BCUT2D eigenvalue weighted by atomic mass is 10.1. The Balaban J connectivity index is 2.84. The van der Waals surface area contributed by atoms with Crippen LogP contribution in [0.15, 0.2) is 18.2 Å². The molecule has 7 heteroatoms. The zero-order valence-corrected chi connectivity index (χ0v) is 11.5. The molecule has 0 saturated carbocycles. The molecule has 0 aromatic heterocycles. The quantitative estimate of drug-likeness (QED) is 0.437. The van der Waals surface area contributed by atoms with E-state index in [-0.39, 0.29) is 11.5 Å². The third kappa shape index (κ3) is 3.99. The van der Waals surface area contributed by atoms with Crippen LogP contribution >= 0.6 is 0 Å². The van der Waals surface area contributed by atoms with Gasteiger partial charge in [-0.05, 0) is 26.0 Å². The molecule has 1 aromatic rings. The number of rotatable bonds is 7. The van der Waals surface area contributed by atoms with Crippen LogP contribution in [-0.2, 0) is 4.74 Å². The van der Waals surface area contributed by atoms with Gasteiger partial charge in [-0.25, -0.2) is 0 Å². The number of halogens is 1. The second-order valence-electron chi connectivity index (χ2n) is 4.01. The van der Waals surface area contributed by atoms with Gasteiger partial charge in [-0.3, -0.25) is 14.9 Å². The van der Waals surface area contributed by atoms with Gasteiger partial charge in [0.25, 0.3) is 5.91 Å². The lowest BCUT2D eigenvalue weighted by molar-refractivity contribution is -0.387. The first-order valence-corrected chi connectivity index (χ1v) is 6.32. The topological polar surface area (TPSA) is 72.7 Å². The molecule has 0 heterocycles. The highest BCUT2D eigenvalue weighted by molar-refractivity contribution is 5.94. The van der Waals surface area contributed by atoms with Gasteiger partial charge in [0.1, 0.15) is 0 Å². The largest absolute Gasteiger partial charge is 0.380 e. The molecule has 6 nitrogen and oxygen atoms in total. The van der Waals surface area contributed by atoms with E-state index in [4.69, 9.17) is 4.74 Å². The minimum Gasteiger partial charge on any atom is -0.380 e. The Hall–Kier alpha value is -2.02. The van der Waals surface area contributed by atoms with Crippen molar-refractivity contribution in [3.8, 4) is 0 Å². The van der Waals surface area contributed by atoms with E-state index in [0.717, 1.165) is 12.1 Å². The number of carbonyl (C=O) groups excluding carboxylic acids is 1. The molecule has 0 aliphatic carbocycles. The number of likely N-dealkylation sites (N-methyl/N-ethyl adjacent to an activating group) is 1. The summed E-state index contributed by atoms with van der Waals surface area (Å²) in [5, 5.41) is 10.5. The van der Waals surface area contributed by atoms with Crippen LogP contribution in [-0.4, -0.2) is 42.0 Å². The smallest absolute Gasteiger partial charge is 0.304 e. The molecule has 0 spiro atoms. The molecule has 0 aliphatic heterocycles. The Labute approximate surface area is 116 Å². The predicted molar refractivity (Wildman–Crippen MR) is 71.1 cm³/mol. The molecular weight excluding hydrogens is 267 g/mol. The highest BCUT2D eigenvalue weighted by Crippen LogP contribution is 2.18. The summed E-state index contributed by atoms with van der Waals surface area (Å²) < 4.78 is 18.7. The molecule has 20 heavy (non-hydrogen) atoms. The van der Waals surface area contributed by atoms with Gasteiger partial charge in [0.15, 0.2) is 0 Å². The first-order chi connectivity index (χ1) is 9.51. The summed E-state index contributed by atoms with van der Waals surface area (Å²) in [6.45, 7) is 5.44. The van der Waals surface area contributed by atoms with Gasteiger partial charge < -0.3 is 9.64 Å². The van der Waals surface area contributed by atoms with E-state index in [2.05, 4.69) is 0 Å². The number of nitrogens with zero attached hydrogens (tertiary/aromatic N) is 2. The maximum atomic E-state index is 13.5. The third-order valence-corrected chi connectivity index (χ3v) is 2.77. The number of nitro groups is 1. The number of benzene rings is 1. The summed E-state index contributed by atoms with van der Waals surface area (Å²) in [7, 11) is 0. The molecule has 0 bridgehead atoms. The van der Waals surface area contributed by atoms with E-state index in [0.29, 0.717) is 26.3 Å². The minimum absolute atomic E-state index is 0.0893. The normalized spacial score (nSPS) is 10.3. The minimum atomic E-state index is -1.01. The number of ether oxygens (including phenoxy) is 1. The third-order valence-electron chi connectivity index (χ3n) is 2.77. The Morgan fingerprint density at radius 1 is 1.45 bits per heavy atom. The average molecular weight is 284 g/mol. The van der Waals surface area contributed by atoms with Crippen molar-refractivity contribution >= 4 is 11.6 Å². The standard InChI is InChI=1S/C13H17FN2O4/c1-3-15(7-8-20-4-2)13(17)10-5-6-12(16(18)19)11(14)9-10/h5-6,9H,3-4,7-8H2,1-2H3. The van der Waals surface area contributed by atoms with Crippen molar-refractivity contribution in [3.63, 3.8) is 0 Å². The first kappa shape index (κ1) is 16.0. The molecule has 0 radical (unpaired) electrons. The summed E-state index contributed by atoms with van der Waals surface area (Å²) in [4.78, 5) is 23.3. The van der Waals surface area contributed by atoms with Crippen molar-refractivity contribution in [2.24, 2.45) is 0 Å². The molecular formula is C13H17FN2O4. The van der Waals surface area contributed by atoms with Crippen LogP contribution in [0, 0.1) is 15.9 Å². The zero-order valence-electron chi connectivity index (χ0n) is 11.5. The van der Waals surface area contributed by atoms with Crippen LogP contribution in [0.5, 0.6) is 0 Å². The van der Waals surface area contributed by atoms with Gasteiger partial charge in [-0.15, -0.1) is 0 Å². The Morgan fingerprint density at radius 3 is 2.65 bits per heavy atom. The fraction of sp³-hybridized carbons (Fsp3) is 0.462. The highest BCUT2D eigenvalue weighted by Gasteiger charge is 2.19. The van der Waals surface area contributed by atoms with Gasteiger partial charge in [0.05, 0.1) is 11.5 Å². The van der Waals surface area contributed by atoms with Crippen molar-refractivity contribution in [1.29, 1.82) is 0 Å². The number of hydrogen-bond acceptors (Lipinski definition) is 4. The predicted octanol–water partition coefficient (Wildman–Crippen LogP) is 2.23.